The smallest absolute Gasteiger partial charge is 0.756 e. The van der Waals surface area contributed by atoms with Crippen LogP contribution >= 0.6 is 7.82 Å². The van der Waals surface area contributed by atoms with Gasteiger partial charge in [-0.2, -0.15) is 0 Å². The monoisotopic (exact) mass is 1040 g/mol. The summed E-state index contributed by atoms with van der Waals surface area (Å²) < 4.78 is 56.6. The van der Waals surface area contributed by atoms with E-state index in [0.29, 0.717) is 45.5 Å². The van der Waals surface area contributed by atoms with Gasteiger partial charge in [0.25, 0.3) is 7.82 Å². The fourth-order valence-electron chi connectivity index (χ4n) is 7.66. The molecule has 2 aromatic rings. The molecule has 0 saturated heterocycles. The second kappa shape index (κ2) is 46.8. The van der Waals surface area contributed by atoms with Gasteiger partial charge in [0.2, 0.25) is 0 Å². The molecular formula is C56H90NaO14P. The van der Waals surface area contributed by atoms with E-state index in [0.717, 1.165) is 49.7 Å². The topological polar surface area (TPSA) is 182 Å². The molecular weight excluding hydrogens is 951 g/mol. The van der Waals surface area contributed by atoms with E-state index in [1.807, 2.05) is 60.7 Å². The maximum Gasteiger partial charge on any atom is 1.00 e. The molecule has 0 aliphatic rings. The van der Waals surface area contributed by atoms with Crippen LogP contribution in [-0.4, -0.2) is 75.7 Å². The van der Waals surface area contributed by atoms with Crippen LogP contribution < -0.4 is 34.5 Å². The summed E-state index contributed by atoms with van der Waals surface area (Å²) in [5.74, 6) is -2.30. The van der Waals surface area contributed by atoms with Gasteiger partial charge in [-0.15, -0.1) is 0 Å². The van der Waals surface area contributed by atoms with E-state index < -0.39 is 70.3 Å². The Labute approximate surface area is 455 Å². The summed E-state index contributed by atoms with van der Waals surface area (Å²) in [5.41, 5.74) is 1.99. The third-order valence-electron chi connectivity index (χ3n) is 11.8. The number of hydrogen-bond donors (Lipinski definition) is 0. The average Bonchev–Trinajstić information content (AvgIpc) is 3.37. The summed E-state index contributed by atoms with van der Waals surface area (Å²) in [6.07, 6.45) is 23.3. The normalized spacial score (nSPS) is 12.8. The summed E-state index contributed by atoms with van der Waals surface area (Å²) in [5, 5.41) is 0. The number of carbonyl (C=O) groups is 4. The second-order valence-corrected chi connectivity index (χ2v) is 19.9. The molecule has 404 valence electrons. The zero-order valence-corrected chi connectivity index (χ0v) is 47.4. The fourth-order valence-corrected chi connectivity index (χ4v) is 8.43. The molecule has 0 radical (unpaired) electrons. The zero-order chi connectivity index (χ0) is 51.3. The van der Waals surface area contributed by atoms with Crippen molar-refractivity contribution in [3.8, 4) is 0 Å². The van der Waals surface area contributed by atoms with E-state index in [1.54, 1.807) is 0 Å². The van der Waals surface area contributed by atoms with Crippen molar-refractivity contribution in [1.29, 1.82) is 0 Å². The van der Waals surface area contributed by atoms with Gasteiger partial charge in [-0.25, -0.2) is 0 Å². The first-order valence-electron chi connectivity index (χ1n) is 27.1. The first-order chi connectivity index (χ1) is 34.6. The number of phosphoric ester groups is 1. The molecule has 0 amide bonds. The van der Waals surface area contributed by atoms with Crippen molar-refractivity contribution in [3.05, 3.63) is 71.8 Å². The number of rotatable bonds is 48. The SMILES string of the molecule is CCCCCCCCCCCCCC(=O)OC[C@H](COP(=O)([O-])OCC(COC(=O)CCCOCc1ccccc1)OC(=O)CCCOCc1ccccc1)OC(=O)CCCCCCCCCCCCC.[Na+]. The molecule has 0 saturated carbocycles. The Hall–Kier alpha value is -2.65. The Morgan fingerprint density at radius 1 is 0.431 bits per heavy atom. The molecule has 2 unspecified atom stereocenters. The van der Waals surface area contributed by atoms with Crippen LogP contribution in [0, 0.1) is 0 Å². The van der Waals surface area contributed by atoms with Gasteiger partial charge in [0.1, 0.15) is 13.2 Å². The van der Waals surface area contributed by atoms with E-state index in [1.165, 1.54) is 89.9 Å². The van der Waals surface area contributed by atoms with Crippen molar-refractivity contribution in [3.63, 3.8) is 0 Å². The molecule has 0 aliphatic heterocycles. The molecule has 0 fully saturated rings. The molecule has 0 N–H and O–H groups in total. The Kier molecular flexibility index (Phi) is 43.8. The van der Waals surface area contributed by atoms with Crippen LogP contribution in [0.25, 0.3) is 0 Å². The van der Waals surface area contributed by atoms with Gasteiger partial charge in [0, 0.05) is 38.9 Å². The van der Waals surface area contributed by atoms with Crippen LogP contribution in [-0.2, 0) is 74.4 Å². The first kappa shape index (κ1) is 67.4. The predicted octanol–water partition coefficient (Wildman–Crippen LogP) is 9.80. The van der Waals surface area contributed by atoms with Crippen LogP contribution in [0.1, 0.15) is 205 Å². The number of carbonyl (C=O) groups excluding carboxylic acids is 4. The molecule has 16 heteroatoms. The van der Waals surface area contributed by atoms with Gasteiger partial charge < -0.3 is 42.4 Å². The fraction of sp³-hybridized carbons (Fsp3) is 0.714. The molecule has 0 spiro atoms. The van der Waals surface area contributed by atoms with Crippen LogP contribution in [0.5, 0.6) is 0 Å². The summed E-state index contributed by atoms with van der Waals surface area (Å²) in [4.78, 5) is 64.3. The van der Waals surface area contributed by atoms with Crippen molar-refractivity contribution in [2.75, 3.05) is 39.6 Å². The summed E-state index contributed by atoms with van der Waals surface area (Å²) in [6, 6.07) is 19.2. The van der Waals surface area contributed by atoms with Gasteiger partial charge in [-0.05, 0) is 36.8 Å². The molecule has 2 aromatic carbocycles. The van der Waals surface area contributed by atoms with Crippen molar-refractivity contribution in [2.45, 2.75) is 219 Å². The predicted molar refractivity (Wildman–Crippen MR) is 274 cm³/mol. The largest absolute Gasteiger partial charge is 1.00 e. The number of benzene rings is 2. The van der Waals surface area contributed by atoms with Crippen molar-refractivity contribution in [1.82, 2.24) is 0 Å². The third-order valence-corrected chi connectivity index (χ3v) is 12.8. The zero-order valence-electron chi connectivity index (χ0n) is 44.5. The van der Waals surface area contributed by atoms with E-state index in [9.17, 15) is 28.6 Å². The molecule has 0 bridgehead atoms. The average molecular weight is 1040 g/mol. The van der Waals surface area contributed by atoms with Gasteiger partial charge in [-0.3, -0.25) is 23.7 Å². The molecule has 2 rings (SSSR count). The van der Waals surface area contributed by atoms with Crippen molar-refractivity contribution in [2.24, 2.45) is 0 Å². The second-order valence-electron chi connectivity index (χ2n) is 18.5. The Bertz CT molecular complexity index is 1670. The van der Waals surface area contributed by atoms with Gasteiger partial charge in [0.05, 0.1) is 26.4 Å². The molecule has 0 heterocycles. The summed E-state index contributed by atoms with van der Waals surface area (Å²) >= 11 is 0. The van der Waals surface area contributed by atoms with Crippen LogP contribution in [0.15, 0.2) is 60.7 Å². The maximum absolute atomic E-state index is 13.1. The number of phosphoric acid groups is 1. The minimum Gasteiger partial charge on any atom is -0.756 e. The van der Waals surface area contributed by atoms with Crippen molar-refractivity contribution < 1.29 is 95.7 Å². The first-order valence-corrected chi connectivity index (χ1v) is 28.6. The van der Waals surface area contributed by atoms with E-state index in [-0.39, 0.29) is 61.8 Å². The van der Waals surface area contributed by atoms with Crippen molar-refractivity contribution >= 4 is 31.7 Å². The standard InChI is InChI=1S/C56H91O14P.Na/c1-3-5-7-9-11-13-15-17-19-21-29-37-53(57)65-45-51(69-55(59)38-30-22-20-18-16-14-12-10-8-6-4-2)47-67-71(61,62)68-48-52(70-56(60)40-32-42-64-44-50-35-27-24-28-36-50)46-66-54(58)39-31-41-63-43-49-33-25-23-26-34-49;/h23-28,33-36,51-52H,3-22,29-32,37-48H2,1-2H3,(H,61,62);/q;+1/p-1/t51-,52?;/m1./s1. The van der Waals surface area contributed by atoms with E-state index in [4.69, 9.17) is 37.5 Å². The minimum atomic E-state index is -5.13. The number of esters is 4. The van der Waals surface area contributed by atoms with Gasteiger partial charge >= 0.3 is 53.4 Å². The molecule has 0 aliphatic carbocycles. The van der Waals surface area contributed by atoms with E-state index in [2.05, 4.69) is 13.8 Å². The molecule has 72 heavy (non-hydrogen) atoms. The van der Waals surface area contributed by atoms with Crippen LogP contribution in [0.4, 0.5) is 0 Å². The number of ether oxygens (including phenoxy) is 6. The maximum atomic E-state index is 13.1. The third kappa shape index (κ3) is 40.7. The van der Waals surface area contributed by atoms with Gasteiger partial charge in [-0.1, -0.05) is 203 Å². The quantitative estimate of drug-likeness (QED) is 0.0201. The van der Waals surface area contributed by atoms with Crippen LogP contribution in [0.2, 0.25) is 0 Å². The number of unbranched alkanes of at least 4 members (excludes halogenated alkanes) is 20. The van der Waals surface area contributed by atoms with Gasteiger partial charge in [0.15, 0.2) is 12.2 Å². The Morgan fingerprint density at radius 2 is 0.736 bits per heavy atom. The number of hydrogen-bond acceptors (Lipinski definition) is 14. The summed E-state index contributed by atoms with van der Waals surface area (Å²) in [7, 11) is -5.13. The molecule has 14 nitrogen and oxygen atoms in total. The Balaban J connectivity index is 0.0000259. The van der Waals surface area contributed by atoms with E-state index >= 15 is 0 Å². The van der Waals surface area contributed by atoms with Crippen LogP contribution in [0.3, 0.4) is 0 Å². The molecule has 3 atom stereocenters. The Morgan fingerprint density at radius 3 is 1.10 bits per heavy atom. The minimum absolute atomic E-state index is 0. The molecule has 0 aromatic heterocycles. The summed E-state index contributed by atoms with van der Waals surface area (Å²) in [6.45, 7) is 3.51.